The van der Waals surface area contributed by atoms with Gasteiger partial charge in [0.15, 0.2) is 5.96 Å². The Hall–Kier alpha value is -2.53. The number of aliphatic imine (C=N–C) groups is 1. The topological polar surface area (TPSA) is 65.9 Å². The summed E-state index contributed by atoms with van der Waals surface area (Å²) in [7, 11) is 3.43. The quantitative estimate of drug-likeness (QED) is 0.494. The molecule has 0 saturated carbocycles. The van der Waals surface area contributed by atoms with E-state index in [-0.39, 0.29) is 17.9 Å². The zero-order valence-corrected chi connectivity index (χ0v) is 16.7. The molecule has 0 heterocycles. The van der Waals surface area contributed by atoms with Gasteiger partial charge in [-0.3, -0.25) is 4.99 Å². The summed E-state index contributed by atoms with van der Waals surface area (Å²) in [5, 5.41) is 16.4. The highest BCUT2D eigenvalue weighted by Crippen LogP contribution is 2.24. The van der Waals surface area contributed by atoms with Crippen LogP contribution in [0.4, 0.5) is 0 Å². The van der Waals surface area contributed by atoms with Gasteiger partial charge in [0.1, 0.15) is 5.75 Å². The summed E-state index contributed by atoms with van der Waals surface area (Å²) >= 11 is 0. The number of hydrogen-bond donors (Lipinski definition) is 3. The summed E-state index contributed by atoms with van der Waals surface area (Å²) in [5.74, 6) is 1.61. The lowest BCUT2D eigenvalue weighted by Gasteiger charge is -2.27. The lowest BCUT2D eigenvalue weighted by molar-refractivity contribution is 0.265. The van der Waals surface area contributed by atoms with Gasteiger partial charge in [-0.1, -0.05) is 56.3 Å². The summed E-state index contributed by atoms with van der Waals surface area (Å²) in [6, 6.07) is 18.2. The third-order valence-corrected chi connectivity index (χ3v) is 4.80. The minimum Gasteiger partial charge on any atom is -0.497 e. The lowest BCUT2D eigenvalue weighted by Crippen LogP contribution is -2.44. The van der Waals surface area contributed by atoms with Crippen molar-refractivity contribution in [1.29, 1.82) is 0 Å². The van der Waals surface area contributed by atoms with E-state index in [1.807, 2.05) is 42.5 Å². The minimum absolute atomic E-state index is 0.0272. The van der Waals surface area contributed by atoms with E-state index in [1.165, 1.54) is 5.56 Å². The van der Waals surface area contributed by atoms with Gasteiger partial charge in [0, 0.05) is 31.5 Å². The van der Waals surface area contributed by atoms with Crippen LogP contribution in [0.1, 0.15) is 30.9 Å². The molecule has 0 bridgehead atoms. The zero-order chi connectivity index (χ0) is 19.7. The van der Waals surface area contributed by atoms with Crippen molar-refractivity contribution >= 4 is 5.96 Å². The number of aliphatic hydroxyl groups is 1. The third-order valence-electron chi connectivity index (χ3n) is 4.80. The molecule has 0 aromatic heterocycles. The van der Waals surface area contributed by atoms with E-state index in [4.69, 9.17) is 4.74 Å². The molecule has 0 spiro atoms. The van der Waals surface area contributed by atoms with E-state index in [2.05, 4.69) is 41.6 Å². The highest BCUT2D eigenvalue weighted by atomic mass is 16.5. The maximum Gasteiger partial charge on any atom is 0.191 e. The average molecular weight is 370 g/mol. The number of benzene rings is 2. The van der Waals surface area contributed by atoms with Crippen LogP contribution in [0.2, 0.25) is 0 Å². The molecule has 1 atom stereocenters. The summed E-state index contributed by atoms with van der Waals surface area (Å²) in [6.45, 7) is 5.81. The second-order valence-corrected chi connectivity index (χ2v) is 7.21. The molecule has 3 N–H and O–H groups in total. The summed E-state index contributed by atoms with van der Waals surface area (Å²) in [4.78, 5) is 4.30. The van der Waals surface area contributed by atoms with Crippen LogP contribution in [0.15, 0.2) is 59.6 Å². The van der Waals surface area contributed by atoms with Gasteiger partial charge in [-0.05, 0) is 23.3 Å². The predicted octanol–water partition coefficient (Wildman–Crippen LogP) is 2.91. The van der Waals surface area contributed by atoms with Crippen LogP contribution in [0.25, 0.3) is 0 Å². The first-order chi connectivity index (χ1) is 13.0. The van der Waals surface area contributed by atoms with Crippen molar-refractivity contribution in [3.63, 3.8) is 0 Å². The van der Waals surface area contributed by atoms with Crippen molar-refractivity contribution in [1.82, 2.24) is 10.6 Å². The standard InChI is InChI=1S/C22H31N3O2/c1-22(2,19-10-12-20(27-4)13-11-19)16-25-21(23-3)24-14-18(15-26)17-8-6-5-7-9-17/h5-13,18,26H,14-16H2,1-4H3,(H2,23,24,25). The maximum atomic E-state index is 9.71. The molecule has 0 fully saturated rings. The van der Waals surface area contributed by atoms with Crippen LogP contribution < -0.4 is 15.4 Å². The van der Waals surface area contributed by atoms with Gasteiger partial charge in [-0.25, -0.2) is 0 Å². The molecule has 0 aliphatic carbocycles. The number of guanidine groups is 1. The predicted molar refractivity (Wildman–Crippen MR) is 112 cm³/mol. The molecule has 0 radical (unpaired) electrons. The number of nitrogens with zero attached hydrogens (tertiary/aromatic N) is 1. The monoisotopic (exact) mass is 369 g/mol. The van der Waals surface area contributed by atoms with E-state index < -0.39 is 0 Å². The first-order valence-electron chi connectivity index (χ1n) is 9.25. The normalized spacial score (nSPS) is 13.1. The molecule has 0 aliphatic rings. The highest BCUT2D eigenvalue weighted by Gasteiger charge is 2.21. The number of hydrogen-bond acceptors (Lipinski definition) is 3. The molecule has 2 aromatic rings. The Bertz CT molecular complexity index is 712. The number of methoxy groups -OCH3 is 1. The Kier molecular flexibility index (Phi) is 7.67. The molecule has 2 rings (SSSR count). The first-order valence-corrected chi connectivity index (χ1v) is 9.25. The maximum absolute atomic E-state index is 9.71. The Morgan fingerprint density at radius 3 is 2.30 bits per heavy atom. The van der Waals surface area contributed by atoms with E-state index >= 15 is 0 Å². The molecule has 146 valence electrons. The van der Waals surface area contributed by atoms with Crippen LogP contribution in [-0.4, -0.2) is 44.9 Å². The smallest absolute Gasteiger partial charge is 0.191 e. The van der Waals surface area contributed by atoms with E-state index in [0.717, 1.165) is 23.8 Å². The van der Waals surface area contributed by atoms with Crippen LogP contribution in [0, 0.1) is 0 Å². The fourth-order valence-corrected chi connectivity index (χ4v) is 2.90. The van der Waals surface area contributed by atoms with Gasteiger partial charge in [0.25, 0.3) is 0 Å². The van der Waals surface area contributed by atoms with Crippen molar-refractivity contribution in [2.45, 2.75) is 25.2 Å². The molecule has 2 aromatic carbocycles. The van der Waals surface area contributed by atoms with Gasteiger partial charge >= 0.3 is 0 Å². The molecular formula is C22H31N3O2. The number of nitrogens with one attached hydrogen (secondary N) is 2. The molecular weight excluding hydrogens is 338 g/mol. The van der Waals surface area contributed by atoms with Crippen LogP contribution >= 0.6 is 0 Å². The molecule has 1 unspecified atom stereocenters. The second-order valence-electron chi connectivity index (χ2n) is 7.21. The van der Waals surface area contributed by atoms with Gasteiger partial charge in [-0.2, -0.15) is 0 Å². The fraction of sp³-hybridized carbons (Fsp3) is 0.409. The Labute approximate surface area is 162 Å². The molecule has 0 amide bonds. The Morgan fingerprint density at radius 1 is 1.07 bits per heavy atom. The van der Waals surface area contributed by atoms with Crippen molar-refractivity contribution in [2.24, 2.45) is 4.99 Å². The van der Waals surface area contributed by atoms with Gasteiger partial charge in [0.2, 0.25) is 0 Å². The minimum atomic E-state index is -0.0697. The average Bonchev–Trinajstić information content (AvgIpc) is 2.71. The largest absolute Gasteiger partial charge is 0.497 e. The lowest BCUT2D eigenvalue weighted by atomic mass is 9.84. The Balaban J connectivity index is 1.92. The van der Waals surface area contributed by atoms with Crippen molar-refractivity contribution in [3.8, 4) is 5.75 Å². The van der Waals surface area contributed by atoms with Crippen LogP contribution in [0.5, 0.6) is 5.75 Å². The van der Waals surface area contributed by atoms with Crippen LogP contribution in [-0.2, 0) is 5.41 Å². The number of ether oxygens (including phenoxy) is 1. The SMILES string of the molecule is CN=C(NCC(CO)c1ccccc1)NCC(C)(C)c1ccc(OC)cc1. The van der Waals surface area contributed by atoms with Crippen molar-refractivity contribution < 1.29 is 9.84 Å². The molecule has 5 nitrogen and oxygen atoms in total. The van der Waals surface area contributed by atoms with E-state index in [9.17, 15) is 5.11 Å². The molecule has 27 heavy (non-hydrogen) atoms. The van der Waals surface area contributed by atoms with E-state index in [1.54, 1.807) is 14.2 Å². The van der Waals surface area contributed by atoms with Crippen LogP contribution in [0.3, 0.4) is 0 Å². The van der Waals surface area contributed by atoms with E-state index in [0.29, 0.717) is 6.54 Å². The zero-order valence-electron chi connectivity index (χ0n) is 16.7. The van der Waals surface area contributed by atoms with Gasteiger partial charge < -0.3 is 20.5 Å². The molecule has 5 heteroatoms. The van der Waals surface area contributed by atoms with Crippen molar-refractivity contribution in [3.05, 3.63) is 65.7 Å². The van der Waals surface area contributed by atoms with Crippen molar-refractivity contribution in [2.75, 3.05) is 33.9 Å². The fourth-order valence-electron chi connectivity index (χ4n) is 2.90. The summed E-state index contributed by atoms with van der Waals surface area (Å²) in [5.41, 5.74) is 2.27. The summed E-state index contributed by atoms with van der Waals surface area (Å²) < 4.78 is 5.23. The van der Waals surface area contributed by atoms with Gasteiger partial charge in [-0.15, -0.1) is 0 Å². The Morgan fingerprint density at radius 2 is 1.74 bits per heavy atom. The molecule has 0 aliphatic heterocycles. The summed E-state index contributed by atoms with van der Waals surface area (Å²) in [6.07, 6.45) is 0. The second kappa shape index (κ2) is 9.97. The highest BCUT2D eigenvalue weighted by molar-refractivity contribution is 5.79. The number of rotatable bonds is 8. The number of aliphatic hydroxyl groups excluding tert-OH is 1. The first kappa shape index (κ1) is 20.8. The molecule has 0 saturated heterocycles. The third kappa shape index (κ3) is 6.00. The van der Waals surface area contributed by atoms with Gasteiger partial charge in [0.05, 0.1) is 13.7 Å².